The Morgan fingerprint density at radius 2 is 2.04 bits per heavy atom. The van der Waals surface area contributed by atoms with Gasteiger partial charge in [0.15, 0.2) is 6.29 Å². The molecule has 2 aromatic rings. The van der Waals surface area contributed by atoms with Gasteiger partial charge in [0.05, 0.1) is 29.6 Å². The first kappa shape index (κ1) is 18.8. The van der Waals surface area contributed by atoms with Crippen LogP contribution >= 0.6 is 0 Å². The van der Waals surface area contributed by atoms with Crippen molar-refractivity contribution in [2.24, 2.45) is 0 Å². The zero-order valence-electron chi connectivity index (χ0n) is 15.9. The minimum absolute atomic E-state index is 0.239. The average molecular weight is 369 g/mol. The predicted octanol–water partition coefficient (Wildman–Crippen LogP) is 4.19. The maximum atomic E-state index is 12.1. The fourth-order valence-electron chi connectivity index (χ4n) is 2.73. The number of ether oxygens (including phenoxy) is 2. The molecule has 142 valence electrons. The molecule has 3 rings (SSSR count). The van der Waals surface area contributed by atoms with Gasteiger partial charge in [-0.05, 0) is 39.7 Å². The van der Waals surface area contributed by atoms with E-state index in [1.165, 1.54) is 6.20 Å². The molecule has 7 nitrogen and oxygen atoms in total. The van der Waals surface area contributed by atoms with E-state index < -0.39 is 11.7 Å². The lowest BCUT2D eigenvalue weighted by molar-refractivity contribution is 0.0636. The highest BCUT2D eigenvalue weighted by atomic mass is 16.6. The van der Waals surface area contributed by atoms with Crippen LogP contribution in [0, 0.1) is 0 Å². The number of anilines is 1. The lowest BCUT2D eigenvalue weighted by atomic mass is 10.0. The van der Waals surface area contributed by atoms with E-state index in [-0.39, 0.29) is 5.56 Å². The fourth-order valence-corrected chi connectivity index (χ4v) is 2.73. The van der Waals surface area contributed by atoms with Gasteiger partial charge in [0.1, 0.15) is 11.4 Å². The molecule has 1 aliphatic rings. The molecule has 2 heterocycles. The summed E-state index contributed by atoms with van der Waals surface area (Å²) in [5.74, 6) is 1.07. The molecule has 0 spiro atoms. The Balaban J connectivity index is 1.97. The van der Waals surface area contributed by atoms with Crippen molar-refractivity contribution >= 4 is 18.1 Å². The Hall–Kier alpha value is -2.96. The zero-order chi connectivity index (χ0) is 19.6. The van der Waals surface area contributed by atoms with E-state index in [0.29, 0.717) is 34.9 Å². The zero-order valence-corrected chi connectivity index (χ0v) is 15.9. The Labute approximate surface area is 158 Å². The summed E-state index contributed by atoms with van der Waals surface area (Å²) < 4.78 is 10.8. The van der Waals surface area contributed by atoms with E-state index in [9.17, 15) is 9.59 Å². The number of carbonyl (C=O) groups is 2. The molecule has 1 amide bonds. The van der Waals surface area contributed by atoms with Crippen LogP contribution in [-0.2, 0) is 4.74 Å². The van der Waals surface area contributed by atoms with Gasteiger partial charge in [0.2, 0.25) is 0 Å². The van der Waals surface area contributed by atoms with Crippen LogP contribution in [0.3, 0.4) is 0 Å². The first-order valence-electron chi connectivity index (χ1n) is 8.81. The summed E-state index contributed by atoms with van der Waals surface area (Å²) in [6.45, 7) is 5.30. The molecule has 1 N–H and O–H groups in total. The molecule has 0 saturated heterocycles. The van der Waals surface area contributed by atoms with Gasteiger partial charge in [0.25, 0.3) is 0 Å². The number of methoxy groups -OCH3 is 1. The molecule has 1 aliphatic carbocycles. The van der Waals surface area contributed by atoms with Crippen LogP contribution < -0.4 is 10.1 Å². The average Bonchev–Trinajstić information content (AvgIpc) is 3.44. The van der Waals surface area contributed by atoms with Crippen molar-refractivity contribution in [2.45, 2.75) is 45.1 Å². The van der Waals surface area contributed by atoms with Gasteiger partial charge in [-0.15, -0.1) is 0 Å². The largest absolute Gasteiger partial charge is 0.496 e. The number of hydrogen-bond acceptors (Lipinski definition) is 6. The summed E-state index contributed by atoms with van der Waals surface area (Å²) in [4.78, 5) is 32.7. The van der Waals surface area contributed by atoms with Crippen LogP contribution in [0.4, 0.5) is 10.5 Å². The summed E-state index contributed by atoms with van der Waals surface area (Å²) >= 11 is 0. The van der Waals surface area contributed by atoms with E-state index in [1.807, 2.05) is 6.07 Å². The van der Waals surface area contributed by atoms with Crippen molar-refractivity contribution in [3.8, 4) is 17.0 Å². The van der Waals surface area contributed by atoms with Gasteiger partial charge in [0, 0.05) is 30.1 Å². The number of pyridine rings is 2. The quantitative estimate of drug-likeness (QED) is 0.795. The number of aromatic nitrogens is 2. The molecule has 1 fully saturated rings. The number of rotatable bonds is 5. The summed E-state index contributed by atoms with van der Waals surface area (Å²) in [6.07, 6.45) is 5.45. The van der Waals surface area contributed by atoms with Crippen LogP contribution in [0.1, 0.15) is 55.6 Å². The van der Waals surface area contributed by atoms with E-state index in [1.54, 1.807) is 40.1 Å². The smallest absolute Gasteiger partial charge is 0.412 e. The minimum Gasteiger partial charge on any atom is -0.496 e. The number of carbonyl (C=O) groups excluding carboxylic acids is 2. The summed E-state index contributed by atoms with van der Waals surface area (Å²) in [5, 5.41) is 2.61. The molecule has 0 aliphatic heterocycles. The third kappa shape index (κ3) is 4.42. The molecule has 27 heavy (non-hydrogen) atoms. The molecule has 0 bridgehead atoms. The fraction of sp³-hybridized carbons (Fsp3) is 0.400. The lowest BCUT2D eigenvalue weighted by Crippen LogP contribution is -2.27. The highest BCUT2D eigenvalue weighted by Crippen LogP contribution is 2.42. The Morgan fingerprint density at radius 3 is 2.63 bits per heavy atom. The second-order valence-electron chi connectivity index (χ2n) is 7.45. The molecule has 0 atom stereocenters. The van der Waals surface area contributed by atoms with Crippen LogP contribution in [-0.4, -0.2) is 35.1 Å². The number of amides is 1. The van der Waals surface area contributed by atoms with Gasteiger partial charge < -0.3 is 9.47 Å². The maximum Gasteiger partial charge on any atom is 0.412 e. The van der Waals surface area contributed by atoms with Crippen molar-refractivity contribution in [1.29, 1.82) is 0 Å². The second-order valence-corrected chi connectivity index (χ2v) is 7.45. The lowest BCUT2D eigenvalue weighted by Gasteiger charge is -2.20. The molecule has 2 aromatic heterocycles. The van der Waals surface area contributed by atoms with Gasteiger partial charge >= 0.3 is 6.09 Å². The summed E-state index contributed by atoms with van der Waals surface area (Å²) in [5.41, 5.74) is 1.88. The van der Waals surface area contributed by atoms with E-state index >= 15 is 0 Å². The van der Waals surface area contributed by atoms with Gasteiger partial charge in [-0.2, -0.15) is 0 Å². The molecule has 0 unspecified atom stereocenters. The van der Waals surface area contributed by atoms with Crippen LogP contribution in [0.15, 0.2) is 24.5 Å². The normalized spacial score (nSPS) is 13.8. The molecular formula is C20H23N3O4. The monoisotopic (exact) mass is 369 g/mol. The van der Waals surface area contributed by atoms with Gasteiger partial charge in [-0.1, -0.05) is 0 Å². The summed E-state index contributed by atoms with van der Waals surface area (Å²) in [7, 11) is 1.57. The van der Waals surface area contributed by atoms with Gasteiger partial charge in [-0.3, -0.25) is 20.1 Å². The third-order valence-electron chi connectivity index (χ3n) is 4.10. The maximum absolute atomic E-state index is 12.1. The highest BCUT2D eigenvalue weighted by Gasteiger charge is 2.27. The molecular weight excluding hydrogens is 346 g/mol. The molecule has 0 aromatic carbocycles. The molecule has 7 heteroatoms. The van der Waals surface area contributed by atoms with Crippen molar-refractivity contribution < 1.29 is 19.1 Å². The van der Waals surface area contributed by atoms with Crippen molar-refractivity contribution in [2.75, 3.05) is 12.4 Å². The first-order chi connectivity index (χ1) is 12.8. The Kier molecular flexibility index (Phi) is 5.12. The Morgan fingerprint density at radius 1 is 1.30 bits per heavy atom. The summed E-state index contributed by atoms with van der Waals surface area (Å²) in [6, 6.07) is 3.44. The molecule has 0 radical (unpaired) electrons. The number of hydrogen-bond donors (Lipinski definition) is 1. The second kappa shape index (κ2) is 7.34. The number of nitrogens with zero attached hydrogens (tertiary/aromatic N) is 2. The van der Waals surface area contributed by atoms with Crippen LogP contribution in [0.5, 0.6) is 5.75 Å². The van der Waals surface area contributed by atoms with Crippen LogP contribution in [0.25, 0.3) is 11.3 Å². The van der Waals surface area contributed by atoms with E-state index in [2.05, 4.69) is 15.3 Å². The van der Waals surface area contributed by atoms with E-state index in [4.69, 9.17) is 9.47 Å². The van der Waals surface area contributed by atoms with Crippen molar-refractivity contribution in [3.63, 3.8) is 0 Å². The first-order valence-corrected chi connectivity index (χ1v) is 8.81. The van der Waals surface area contributed by atoms with Crippen LogP contribution in [0.2, 0.25) is 0 Å². The van der Waals surface area contributed by atoms with Crippen molar-refractivity contribution in [3.05, 3.63) is 35.8 Å². The SMILES string of the molecule is COc1cc(C2CC2)ncc1-c1nccc(NC(=O)OC(C)(C)C)c1C=O. The molecule has 1 saturated carbocycles. The topological polar surface area (TPSA) is 90.4 Å². The van der Waals surface area contributed by atoms with Crippen molar-refractivity contribution in [1.82, 2.24) is 9.97 Å². The van der Waals surface area contributed by atoms with Gasteiger partial charge in [-0.25, -0.2) is 4.79 Å². The highest BCUT2D eigenvalue weighted by molar-refractivity contribution is 5.98. The number of aldehydes is 1. The standard InChI is InChI=1S/C20H23N3O4/c1-20(2,3)27-19(25)23-15-7-8-21-18(14(15)11-24)13-10-22-16(12-5-6-12)9-17(13)26-4/h7-12H,5-6H2,1-4H3,(H,21,23,25). The Bertz CT molecular complexity index is 870. The minimum atomic E-state index is -0.646. The third-order valence-corrected chi connectivity index (χ3v) is 4.10. The van der Waals surface area contributed by atoms with E-state index in [0.717, 1.165) is 18.5 Å². The number of nitrogens with one attached hydrogen (secondary N) is 1. The predicted molar refractivity (Wildman–Crippen MR) is 101 cm³/mol.